The first-order valence-electron chi connectivity index (χ1n) is 7.48. The molecular formula is C17H24N2. The van der Waals surface area contributed by atoms with E-state index in [1.807, 2.05) is 0 Å². The lowest BCUT2D eigenvalue weighted by atomic mass is 9.96. The van der Waals surface area contributed by atoms with Crippen LogP contribution in [0.4, 0.5) is 0 Å². The molecule has 2 unspecified atom stereocenters. The van der Waals surface area contributed by atoms with Gasteiger partial charge in [0, 0.05) is 6.04 Å². The van der Waals surface area contributed by atoms with Gasteiger partial charge in [-0.05, 0) is 38.3 Å². The van der Waals surface area contributed by atoms with Crippen molar-refractivity contribution in [3.05, 3.63) is 35.4 Å². The molecule has 1 N–H and O–H groups in total. The number of nitrogens with one attached hydrogen (secondary N) is 1. The van der Waals surface area contributed by atoms with Crippen LogP contribution in [0.3, 0.4) is 0 Å². The second kappa shape index (κ2) is 7.31. The Labute approximate surface area is 116 Å². The topological polar surface area (TPSA) is 35.8 Å². The molecule has 0 aromatic heterocycles. The Kier molecular flexibility index (Phi) is 5.42. The molecule has 1 fully saturated rings. The first-order chi connectivity index (χ1) is 9.29. The van der Waals surface area contributed by atoms with Crippen molar-refractivity contribution < 1.29 is 0 Å². The van der Waals surface area contributed by atoms with E-state index in [0.29, 0.717) is 6.04 Å². The van der Waals surface area contributed by atoms with E-state index in [9.17, 15) is 5.26 Å². The number of nitrogens with zero attached hydrogens (tertiary/aromatic N) is 1. The van der Waals surface area contributed by atoms with Gasteiger partial charge in [0.1, 0.15) is 0 Å². The van der Waals surface area contributed by atoms with Crippen LogP contribution in [-0.2, 0) is 6.42 Å². The molecule has 0 amide bonds. The molecule has 1 saturated carbocycles. The molecule has 2 nitrogen and oxygen atoms in total. The fraction of sp³-hybridized carbons (Fsp3) is 0.588. The van der Waals surface area contributed by atoms with Crippen LogP contribution in [0.5, 0.6) is 0 Å². The lowest BCUT2D eigenvalue weighted by molar-refractivity contribution is 0.397. The van der Waals surface area contributed by atoms with Crippen LogP contribution in [0.25, 0.3) is 0 Å². The van der Waals surface area contributed by atoms with Gasteiger partial charge in [-0.15, -0.1) is 0 Å². The van der Waals surface area contributed by atoms with Gasteiger partial charge in [-0.25, -0.2) is 0 Å². The van der Waals surface area contributed by atoms with Crippen molar-refractivity contribution in [2.45, 2.75) is 51.5 Å². The van der Waals surface area contributed by atoms with Crippen LogP contribution < -0.4 is 5.32 Å². The SMILES string of the molecule is Cc1cccc(CCNC2CCCCCC2C#N)c1. The average Bonchev–Trinajstić information content (AvgIpc) is 2.64. The predicted molar refractivity (Wildman–Crippen MR) is 78.9 cm³/mol. The molecular weight excluding hydrogens is 232 g/mol. The highest BCUT2D eigenvalue weighted by molar-refractivity contribution is 5.22. The Bertz CT molecular complexity index is 433. The van der Waals surface area contributed by atoms with Gasteiger partial charge in [-0.3, -0.25) is 0 Å². The molecule has 0 saturated heterocycles. The summed E-state index contributed by atoms with van der Waals surface area (Å²) in [4.78, 5) is 0. The predicted octanol–water partition coefficient (Wildman–Crippen LogP) is 3.60. The van der Waals surface area contributed by atoms with Crippen LogP contribution in [0.1, 0.15) is 43.2 Å². The van der Waals surface area contributed by atoms with E-state index in [-0.39, 0.29) is 5.92 Å². The van der Waals surface area contributed by atoms with Gasteiger partial charge in [0.15, 0.2) is 0 Å². The molecule has 0 aliphatic heterocycles. The maximum Gasteiger partial charge on any atom is 0.0672 e. The van der Waals surface area contributed by atoms with Gasteiger partial charge in [0.05, 0.1) is 12.0 Å². The number of hydrogen-bond acceptors (Lipinski definition) is 2. The minimum absolute atomic E-state index is 0.208. The Balaban J connectivity index is 1.82. The zero-order valence-electron chi connectivity index (χ0n) is 11.9. The van der Waals surface area contributed by atoms with Crippen LogP contribution in [0, 0.1) is 24.2 Å². The molecule has 2 rings (SSSR count). The lowest BCUT2D eigenvalue weighted by Crippen LogP contribution is -2.36. The van der Waals surface area contributed by atoms with Crippen LogP contribution in [0.15, 0.2) is 24.3 Å². The second-order valence-electron chi connectivity index (χ2n) is 5.67. The largest absolute Gasteiger partial charge is 0.312 e. The van der Waals surface area contributed by atoms with Gasteiger partial charge >= 0.3 is 0 Å². The standard InChI is InChI=1S/C17H24N2/c1-14-6-5-7-15(12-14)10-11-19-17-9-4-2-3-8-16(17)13-18/h5-7,12,16-17,19H,2-4,8-11H2,1H3. The maximum atomic E-state index is 9.25. The van der Waals surface area contributed by atoms with Gasteiger partial charge in [-0.2, -0.15) is 5.26 Å². The van der Waals surface area contributed by atoms with E-state index >= 15 is 0 Å². The van der Waals surface area contributed by atoms with Crippen molar-refractivity contribution in [2.24, 2.45) is 5.92 Å². The lowest BCUT2D eigenvalue weighted by Gasteiger charge is -2.20. The average molecular weight is 256 g/mol. The number of benzene rings is 1. The van der Waals surface area contributed by atoms with E-state index in [0.717, 1.165) is 25.8 Å². The molecule has 0 radical (unpaired) electrons. The van der Waals surface area contributed by atoms with E-state index in [1.54, 1.807) is 0 Å². The maximum absolute atomic E-state index is 9.25. The quantitative estimate of drug-likeness (QED) is 0.835. The summed E-state index contributed by atoms with van der Waals surface area (Å²) in [5, 5.41) is 12.9. The van der Waals surface area contributed by atoms with Gasteiger partial charge in [-0.1, -0.05) is 49.1 Å². The van der Waals surface area contributed by atoms with E-state index < -0.39 is 0 Å². The molecule has 102 valence electrons. The third kappa shape index (κ3) is 4.36. The highest BCUT2D eigenvalue weighted by Gasteiger charge is 2.22. The number of hydrogen-bond donors (Lipinski definition) is 1. The van der Waals surface area contributed by atoms with Crippen LogP contribution in [-0.4, -0.2) is 12.6 Å². The van der Waals surface area contributed by atoms with Crippen molar-refractivity contribution in [3.8, 4) is 6.07 Å². The Morgan fingerprint density at radius 3 is 2.89 bits per heavy atom. The molecule has 19 heavy (non-hydrogen) atoms. The highest BCUT2D eigenvalue weighted by atomic mass is 14.9. The van der Waals surface area contributed by atoms with Gasteiger partial charge in [0.25, 0.3) is 0 Å². The third-order valence-electron chi connectivity index (χ3n) is 4.08. The zero-order valence-corrected chi connectivity index (χ0v) is 11.9. The van der Waals surface area contributed by atoms with Crippen molar-refractivity contribution in [1.82, 2.24) is 5.32 Å². The fourth-order valence-corrected chi connectivity index (χ4v) is 2.98. The van der Waals surface area contributed by atoms with Crippen molar-refractivity contribution in [2.75, 3.05) is 6.54 Å². The van der Waals surface area contributed by atoms with Crippen LogP contribution >= 0.6 is 0 Å². The fourth-order valence-electron chi connectivity index (χ4n) is 2.98. The Morgan fingerprint density at radius 1 is 1.26 bits per heavy atom. The minimum atomic E-state index is 0.208. The summed E-state index contributed by atoms with van der Waals surface area (Å²) in [5.41, 5.74) is 2.71. The minimum Gasteiger partial charge on any atom is -0.312 e. The summed E-state index contributed by atoms with van der Waals surface area (Å²) < 4.78 is 0. The van der Waals surface area contributed by atoms with E-state index in [2.05, 4.69) is 42.6 Å². The highest BCUT2D eigenvalue weighted by Crippen LogP contribution is 2.22. The Hall–Kier alpha value is -1.33. The monoisotopic (exact) mass is 256 g/mol. The molecule has 0 bridgehead atoms. The first-order valence-corrected chi connectivity index (χ1v) is 7.48. The van der Waals surface area contributed by atoms with Crippen molar-refractivity contribution >= 4 is 0 Å². The number of nitriles is 1. The zero-order chi connectivity index (χ0) is 13.5. The molecule has 1 aromatic rings. The van der Waals surface area contributed by atoms with Gasteiger partial charge < -0.3 is 5.32 Å². The second-order valence-corrected chi connectivity index (χ2v) is 5.67. The summed E-state index contributed by atoms with van der Waals surface area (Å²) >= 11 is 0. The third-order valence-corrected chi connectivity index (χ3v) is 4.08. The molecule has 1 aliphatic carbocycles. The molecule has 0 heterocycles. The summed E-state index contributed by atoms with van der Waals surface area (Å²) in [5.74, 6) is 0.208. The summed E-state index contributed by atoms with van der Waals surface area (Å²) in [7, 11) is 0. The summed E-state index contributed by atoms with van der Waals surface area (Å²) in [6, 6.07) is 11.6. The number of aryl methyl sites for hydroxylation is 1. The molecule has 0 spiro atoms. The van der Waals surface area contributed by atoms with E-state index in [1.165, 1.54) is 30.4 Å². The summed E-state index contributed by atoms with van der Waals surface area (Å²) in [6.07, 6.45) is 7.05. The normalized spacial score (nSPS) is 23.6. The molecule has 2 atom stereocenters. The van der Waals surface area contributed by atoms with Gasteiger partial charge in [0.2, 0.25) is 0 Å². The van der Waals surface area contributed by atoms with E-state index in [4.69, 9.17) is 0 Å². The van der Waals surface area contributed by atoms with Crippen molar-refractivity contribution in [3.63, 3.8) is 0 Å². The molecule has 1 aliphatic rings. The Morgan fingerprint density at radius 2 is 2.11 bits per heavy atom. The van der Waals surface area contributed by atoms with Crippen molar-refractivity contribution in [1.29, 1.82) is 5.26 Å². The molecule has 1 aromatic carbocycles. The summed E-state index contributed by atoms with van der Waals surface area (Å²) in [6.45, 7) is 3.11. The number of rotatable bonds is 4. The first kappa shape index (κ1) is 14.1. The molecule has 2 heteroatoms. The smallest absolute Gasteiger partial charge is 0.0672 e. The van der Waals surface area contributed by atoms with Crippen LogP contribution in [0.2, 0.25) is 0 Å².